The third kappa shape index (κ3) is 5.87. The zero-order valence-electron chi connectivity index (χ0n) is 19.3. The Morgan fingerprint density at radius 1 is 1.00 bits per heavy atom. The highest BCUT2D eigenvalue weighted by Gasteiger charge is 2.22. The summed E-state index contributed by atoms with van der Waals surface area (Å²) in [5, 5.41) is 16.3. The van der Waals surface area contributed by atoms with Crippen molar-refractivity contribution in [1.29, 1.82) is 0 Å². The van der Waals surface area contributed by atoms with Gasteiger partial charge in [0.1, 0.15) is 5.82 Å². The van der Waals surface area contributed by atoms with Crippen molar-refractivity contribution in [2.75, 3.05) is 48.3 Å². The highest BCUT2D eigenvalue weighted by Crippen LogP contribution is 2.27. The lowest BCUT2D eigenvalue weighted by atomic mass is 10.1. The lowest BCUT2D eigenvalue weighted by molar-refractivity contribution is -0.117. The Kier molecular flexibility index (Phi) is 7.48. The van der Waals surface area contributed by atoms with Crippen molar-refractivity contribution in [3.05, 3.63) is 59.1 Å². The average molecular weight is 496 g/mol. The largest absolute Gasteiger partial charge is 0.478 e. The summed E-state index contributed by atoms with van der Waals surface area (Å²) in [5.74, 6) is -0.786. The molecule has 2 amide bonds. The number of pyridine rings is 1. The fourth-order valence-electron chi connectivity index (χ4n) is 3.97. The van der Waals surface area contributed by atoms with Gasteiger partial charge in [0.25, 0.3) is 0 Å². The molecule has 2 aromatic carbocycles. The minimum absolute atomic E-state index is 0.124. The quantitative estimate of drug-likeness (QED) is 0.458. The normalized spacial score (nSPS) is 14.1. The van der Waals surface area contributed by atoms with Crippen LogP contribution in [0.5, 0.6) is 0 Å². The van der Waals surface area contributed by atoms with E-state index in [1.807, 2.05) is 15.9 Å². The molecule has 0 saturated carbocycles. The smallest absolute Gasteiger partial charge is 0.336 e. The number of carboxylic acid groups (broad SMARTS) is 1. The first-order valence-electron chi connectivity index (χ1n) is 11.3. The summed E-state index contributed by atoms with van der Waals surface area (Å²) in [6.45, 7) is 4.43. The molecule has 0 unspecified atom stereocenters. The van der Waals surface area contributed by atoms with Crippen molar-refractivity contribution in [3.63, 3.8) is 0 Å². The van der Waals surface area contributed by atoms with Crippen LogP contribution in [-0.2, 0) is 9.59 Å². The monoisotopic (exact) mass is 495 g/mol. The van der Waals surface area contributed by atoms with Gasteiger partial charge in [0.05, 0.1) is 28.3 Å². The number of halogens is 1. The van der Waals surface area contributed by atoms with E-state index in [2.05, 4.69) is 15.6 Å². The van der Waals surface area contributed by atoms with Gasteiger partial charge in [-0.15, -0.1) is 0 Å². The molecular formula is C25H26ClN5O4. The fraction of sp³-hybridized carbons (Fsp3) is 0.280. The molecule has 4 rings (SSSR count). The Labute approximate surface area is 207 Å². The van der Waals surface area contributed by atoms with Crippen molar-refractivity contribution < 1.29 is 19.5 Å². The zero-order chi connectivity index (χ0) is 24.9. The number of carboxylic acids is 1. The van der Waals surface area contributed by atoms with Gasteiger partial charge in [0.15, 0.2) is 0 Å². The van der Waals surface area contributed by atoms with Crippen LogP contribution in [0.2, 0.25) is 5.02 Å². The van der Waals surface area contributed by atoms with Crippen molar-refractivity contribution >= 4 is 57.5 Å². The minimum Gasteiger partial charge on any atom is -0.478 e. The number of fused-ring (bicyclic) bond motifs is 1. The van der Waals surface area contributed by atoms with Gasteiger partial charge in [-0.05, 0) is 36.4 Å². The molecule has 0 spiro atoms. The number of piperazine rings is 1. The number of carbonyl (C=O) groups is 3. The first-order valence-corrected chi connectivity index (χ1v) is 11.7. The van der Waals surface area contributed by atoms with E-state index in [-0.39, 0.29) is 23.9 Å². The van der Waals surface area contributed by atoms with Crippen molar-refractivity contribution in [1.82, 2.24) is 9.88 Å². The van der Waals surface area contributed by atoms with Crippen LogP contribution < -0.4 is 15.5 Å². The Morgan fingerprint density at radius 3 is 2.43 bits per heavy atom. The van der Waals surface area contributed by atoms with Gasteiger partial charge in [-0.2, -0.15) is 0 Å². The standard InChI is InChI=1S/C25H26ClN5O4/c1-2-23(32)27-16-7-8-20-17(13-16)18(25(34)35)14-22(28-20)31-11-9-30(10-12-31)15-24(33)29-21-6-4-3-5-19(21)26/h3-8,13-14H,2,9-12,15H2,1H3,(H,27,32)(H,29,33)(H,34,35). The Hall–Kier alpha value is -3.69. The average Bonchev–Trinajstić information content (AvgIpc) is 2.85. The van der Waals surface area contributed by atoms with Gasteiger partial charge in [-0.1, -0.05) is 30.7 Å². The molecule has 3 N–H and O–H groups in total. The van der Waals surface area contributed by atoms with E-state index in [1.54, 1.807) is 49.4 Å². The van der Waals surface area contributed by atoms with Crippen LogP contribution in [0, 0.1) is 0 Å². The SMILES string of the molecule is CCC(=O)Nc1ccc2nc(N3CCN(CC(=O)Nc4ccccc4Cl)CC3)cc(C(=O)O)c2c1. The summed E-state index contributed by atoms with van der Waals surface area (Å²) in [6.07, 6.45) is 0.328. The summed E-state index contributed by atoms with van der Waals surface area (Å²) in [4.78, 5) is 44.9. The Morgan fingerprint density at radius 2 is 1.74 bits per heavy atom. The number of anilines is 3. The predicted molar refractivity (Wildman–Crippen MR) is 136 cm³/mol. The third-order valence-corrected chi connectivity index (χ3v) is 6.17. The predicted octanol–water partition coefficient (Wildman–Crippen LogP) is 3.70. The van der Waals surface area contributed by atoms with E-state index in [1.165, 1.54) is 0 Å². The zero-order valence-corrected chi connectivity index (χ0v) is 20.0. The number of carbonyl (C=O) groups excluding carboxylic acids is 2. The van der Waals surface area contributed by atoms with Gasteiger partial charge >= 0.3 is 5.97 Å². The highest BCUT2D eigenvalue weighted by molar-refractivity contribution is 6.33. The third-order valence-electron chi connectivity index (χ3n) is 5.84. The van der Waals surface area contributed by atoms with E-state index >= 15 is 0 Å². The van der Waals surface area contributed by atoms with Crippen LogP contribution in [0.25, 0.3) is 10.9 Å². The van der Waals surface area contributed by atoms with E-state index in [0.717, 1.165) is 0 Å². The fourth-order valence-corrected chi connectivity index (χ4v) is 4.15. The van der Waals surface area contributed by atoms with E-state index in [0.29, 0.717) is 65.7 Å². The van der Waals surface area contributed by atoms with Crippen LogP contribution in [0.15, 0.2) is 48.5 Å². The van der Waals surface area contributed by atoms with Gasteiger partial charge < -0.3 is 20.6 Å². The van der Waals surface area contributed by atoms with Gasteiger partial charge in [0.2, 0.25) is 11.8 Å². The van der Waals surface area contributed by atoms with Gasteiger partial charge in [-0.25, -0.2) is 9.78 Å². The van der Waals surface area contributed by atoms with Crippen molar-refractivity contribution in [2.45, 2.75) is 13.3 Å². The topological polar surface area (TPSA) is 115 Å². The summed E-state index contributed by atoms with van der Waals surface area (Å²) in [7, 11) is 0. The van der Waals surface area contributed by atoms with Crippen LogP contribution in [-0.4, -0.2) is 65.5 Å². The highest BCUT2D eigenvalue weighted by atomic mass is 35.5. The molecule has 10 heteroatoms. The van der Waals surface area contributed by atoms with E-state index < -0.39 is 5.97 Å². The Balaban J connectivity index is 1.44. The minimum atomic E-state index is -1.06. The van der Waals surface area contributed by atoms with Crippen LogP contribution in [0.4, 0.5) is 17.2 Å². The summed E-state index contributed by atoms with van der Waals surface area (Å²) < 4.78 is 0. The number of hydrogen-bond acceptors (Lipinski definition) is 6. The molecule has 1 aliphatic rings. The molecule has 35 heavy (non-hydrogen) atoms. The number of para-hydroxylation sites is 1. The van der Waals surface area contributed by atoms with Crippen LogP contribution >= 0.6 is 11.6 Å². The summed E-state index contributed by atoms with van der Waals surface area (Å²) in [5.41, 5.74) is 1.77. The summed E-state index contributed by atoms with van der Waals surface area (Å²) >= 11 is 6.11. The van der Waals surface area contributed by atoms with E-state index in [4.69, 9.17) is 11.6 Å². The first-order chi connectivity index (χ1) is 16.8. The number of rotatable bonds is 7. The maximum Gasteiger partial charge on any atom is 0.336 e. The molecule has 1 aliphatic heterocycles. The number of hydrogen-bond donors (Lipinski definition) is 3. The molecular weight excluding hydrogens is 470 g/mol. The van der Waals surface area contributed by atoms with Gasteiger partial charge in [-0.3, -0.25) is 14.5 Å². The molecule has 0 aliphatic carbocycles. The molecule has 0 atom stereocenters. The second kappa shape index (κ2) is 10.7. The van der Waals surface area contributed by atoms with Crippen molar-refractivity contribution in [3.8, 4) is 0 Å². The molecule has 1 saturated heterocycles. The number of nitrogens with zero attached hydrogens (tertiary/aromatic N) is 3. The maximum atomic E-state index is 12.4. The first kappa shape index (κ1) is 24.4. The molecule has 0 bridgehead atoms. The van der Waals surface area contributed by atoms with Crippen LogP contribution in [0.3, 0.4) is 0 Å². The Bertz CT molecular complexity index is 1270. The molecule has 3 aromatic rings. The van der Waals surface area contributed by atoms with Crippen LogP contribution in [0.1, 0.15) is 23.7 Å². The number of benzene rings is 2. The number of aromatic carboxylic acids is 1. The second-order valence-corrected chi connectivity index (χ2v) is 8.67. The molecule has 182 valence electrons. The van der Waals surface area contributed by atoms with E-state index in [9.17, 15) is 19.5 Å². The summed E-state index contributed by atoms with van der Waals surface area (Å²) in [6, 6.07) is 13.7. The van der Waals surface area contributed by atoms with Gasteiger partial charge in [0, 0.05) is 43.7 Å². The van der Waals surface area contributed by atoms with Crippen molar-refractivity contribution in [2.24, 2.45) is 0 Å². The molecule has 9 nitrogen and oxygen atoms in total. The lowest BCUT2D eigenvalue weighted by Gasteiger charge is -2.35. The number of amides is 2. The molecule has 0 radical (unpaired) electrons. The maximum absolute atomic E-state index is 12.4. The molecule has 2 heterocycles. The number of aromatic nitrogens is 1. The second-order valence-electron chi connectivity index (χ2n) is 8.26. The molecule has 1 fully saturated rings. The number of nitrogens with one attached hydrogen (secondary N) is 2. The lowest BCUT2D eigenvalue weighted by Crippen LogP contribution is -2.49. The molecule has 1 aromatic heterocycles.